The van der Waals surface area contributed by atoms with Gasteiger partial charge in [-0.15, -0.1) is 0 Å². The fraction of sp³-hybridized carbons (Fsp3) is 0. The lowest BCUT2D eigenvalue weighted by Gasteiger charge is -2.28. The summed E-state index contributed by atoms with van der Waals surface area (Å²) in [5, 5.41) is 7.28. The van der Waals surface area contributed by atoms with Crippen LogP contribution in [0.4, 0.5) is 34.4 Å². The molecule has 0 amide bonds. The summed E-state index contributed by atoms with van der Waals surface area (Å²) in [7, 11) is 0. The van der Waals surface area contributed by atoms with Gasteiger partial charge >= 0.3 is 0 Å². The minimum atomic E-state index is 0.825. The zero-order valence-electron chi connectivity index (χ0n) is 22.8. The maximum atomic E-state index is 4.72. The summed E-state index contributed by atoms with van der Waals surface area (Å²) < 4.78 is 0. The highest BCUT2D eigenvalue weighted by Gasteiger charge is 2.22. The lowest BCUT2D eigenvalue weighted by atomic mass is 9.92. The van der Waals surface area contributed by atoms with Crippen LogP contribution >= 0.6 is 0 Å². The predicted molar refractivity (Wildman–Crippen MR) is 175 cm³/mol. The molecule has 0 radical (unpaired) electrons. The third kappa shape index (κ3) is 3.93. The monoisotopic (exact) mass is 538 g/mol. The first kappa shape index (κ1) is 24.1. The Bertz CT molecular complexity index is 1890. The lowest BCUT2D eigenvalue weighted by Crippen LogP contribution is -2.13. The lowest BCUT2D eigenvalue weighted by molar-refractivity contribution is 1.13. The van der Waals surface area contributed by atoms with Crippen LogP contribution in [0, 0.1) is 0 Å². The number of nitrogens with zero attached hydrogens (tertiary/aromatic N) is 4. The van der Waals surface area contributed by atoms with Crippen molar-refractivity contribution in [1.82, 2.24) is 9.97 Å². The summed E-state index contributed by atoms with van der Waals surface area (Å²) >= 11 is 0. The fourth-order valence-electron chi connectivity index (χ4n) is 6.08. The zero-order valence-corrected chi connectivity index (χ0v) is 22.8. The minimum absolute atomic E-state index is 0.825. The van der Waals surface area contributed by atoms with Crippen molar-refractivity contribution in [3.8, 4) is 0 Å². The van der Waals surface area contributed by atoms with E-state index in [-0.39, 0.29) is 0 Å². The summed E-state index contributed by atoms with van der Waals surface area (Å²) in [5.41, 5.74) is 4.43. The smallest absolute Gasteiger partial charge is 0.138 e. The Morgan fingerprint density at radius 1 is 0.357 bits per heavy atom. The van der Waals surface area contributed by atoms with E-state index in [0.29, 0.717) is 0 Å². The molecule has 42 heavy (non-hydrogen) atoms. The number of para-hydroxylation sites is 2. The second-order valence-electron chi connectivity index (χ2n) is 10.3. The summed E-state index contributed by atoms with van der Waals surface area (Å²) in [6, 6.07) is 51.0. The molecule has 0 atom stereocenters. The van der Waals surface area contributed by atoms with E-state index in [9.17, 15) is 0 Å². The molecule has 0 aliphatic carbocycles. The van der Waals surface area contributed by atoms with Crippen LogP contribution in [0.2, 0.25) is 0 Å². The molecule has 4 heteroatoms. The van der Waals surface area contributed by atoms with E-state index in [1.807, 2.05) is 48.8 Å². The Kier molecular flexibility index (Phi) is 5.75. The van der Waals surface area contributed by atoms with Gasteiger partial charge in [0.1, 0.15) is 11.6 Å². The number of pyridine rings is 2. The van der Waals surface area contributed by atoms with Crippen LogP contribution in [0.25, 0.3) is 32.3 Å². The van der Waals surface area contributed by atoms with E-state index in [0.717, 1.165) is 39.8 Å². The van der Waals surface area contributed by atoms with Crippen molar-refractivity contribution in [3.63, 3.8) is 0 Å². The molecule has 2 heterocycles. The third-order valence-corrected chi connectivity index (χ3v) is 7.89. The van der Waals surface area contributed by atoms with Crippen LogP contribution in [0.15, 0.2) is 158 Å². The maximum absolute atomic E-state index is 4.72. The minimum Gasteiger partial charge on any atom is -0.310 e. The van der Waals surface area contributed by atoms with E-state index >= 15 is 0 Å². The van der Waals surface area contributed by atoms with Gasteiger partial charge in [0.2, 0.25) is 0 Å². The predicted octanol–water partition coefficient (Wildman–Crippen LogP) is 10.3. The average molecular weight is 539 g/mol. The van der Waals surface area contributed by atoms with E-state index < -0.39 is 0 Å². The number of aromatic nitrogens is 2. The first-order chi connectivity index (χ1) is 20.9. The van der Waals surface area contributed by atoms with E-state index in [1.54, 1.807) is 0 Å². The Morgan fingerprint density at radius 2 is 0.786 bits per heavy atom. The van der Waals surface area contributed by atoms with Gasteiger partial charge in [0, 0.05) is 34.5 Å². The highest BCUT2D eigenvalue weighted by Crippen LogP contribution is 2.46. The number of rotatable bonds is 6. The van der Waals surface area contributed by atoms with Gasteiger partial charge in [-0.05, 0) is 82.2 Å². The molecule has 0 saturated heterocycles. The van der Waals surface area contributed by atoms with Crippen molar-refractivity contribution in [1.29, 1.82) is 0 Å². The molecule has 6 aromatic carbocycles. The molecule has 0 N–H and O–H groups in total. The Balaban J connectivity index is 1.42. The van der Waals surface area contributed by atoms with E-state index in [2.05, 4.69) is 119 Å². The number of benzene rings is 6. The van der Waals surface area contributed by atoms with Crippen LogP contribution in [-0.4, -0.2) is 9.97 Å². The first-order valence-electron chi connectivity index (χ1n) is 14.1. The van der Waals surface area contributed by atoms with Gasteiger partial charge in [0.25, 0.3) is 0 Å². The summed E-state index contributed by atoms with van der Waals surface area (Å²) in [6.45, 7) is 0. The van der Waals surface area contributed by atoms with E-state index in [1.165, 1.54) is 26.9 Å². The molecule has 8 rings (SSSR count). The van der Waals surface area contributed by atoms with Crippen molar-refractivity contribution in [2.45, 2.75) is 0 Å². The topological polar surface area (TPSA) is 32.3 Å². The van der Waals surface area contributed by atoms with Gasteiger partial charge in [-0.3, -0.25) is 4.90 Å². The summed E-state index contributed by atoms with van der Waals surface area (Å²) in [5.74, 6) is 1.65. The highest BCUT2D eigenvalue weighted by molar-refractivity contribution is 6.28. The zero-order chi connectivity index (χ0) is 27.9. The second-order valence-corrected chi connectivity index (χ2v) is 10.3. The third-order valence-electron chi connectivity index (χ3n) is 7.89. The molecule has 0 bridgehead atoms. The SMILES string of the molecule is c1ccc(N(c2ccccc2)c2ccc3ccc4c(N(c5ccccn5)c5ccccn5)ccc5ccc2c3c54)cc1. The molecule has 4 nitrogen and oxygen atoms in total. The van der Waals surface area contributed by atoms with Gasteiger partial charge in [-0.2, -0.15) is 0 Å². The van der Waals surface area contributed by atoms with Crippen LogP contribution in [0.5, 0.6) is 0 Å². The van der Waals surface area contributed by atoms with Crippen LogP contribution < -0.4 is 9.80 Å². The average Bonchev–Trinajstić information content (AvgIpc) is 3.07. The number of hydrogen-bond donors (Lipinski definition) is 0. The van der Waals surface area contributed by atoms with Gasteiger partial charge in [0.05, 0.1) is 11.4 Å². The van der Waals surface area contributed by atoms with Crippen molar-refractivity contribution >= 4 is 66.7 Å². The Morgan fingerprint density at radius 3 is 1.24 bits per heavy atom. The highest BCUT2D eigenvalue weighted by atomic mass is 15.2. The van der Waals surface area contributed by atoms with Crippen LogP contribution in [0.1, 0.15) is 0 Å². The number of anilines is 6. The molecular weight excluding hydrogens is 512 g/mol. The molecule has 0 spiro atoms. The molecular formula is C38H26N4. The van der Waals surface area contributed by atoms with Crippen LogP contribution in [-0.2, 0) is 0 Å². The van der Waals surface area contributed by atoms with Gasteiger partial charge in [-0.1, -0.05) is 84.9 Å². The molecule has 0 saturated carbocycles. The molecule has 0 aliphatic heterocycles. The quantitative estimate of drug-likeness (QED) is 0.197. The fourth-order valence-corrected chi connectivity index (χ4v) is 6.08. The van der Waals surface area contributed by atoms with Gasteiger partial charge in [-0.25, -0.2) is 9.97 Å². The van der Waals surface area contributed by atoms with Crippen molar-refractivity contribution < 1.29 is 0 Å². The number of hydrogen-bond acceptors (Lipinski definition) is 4. The molecule has 0 fully saturated rings. The van der Waals surface area contributed by atoms with Gasteiger partial charge < -0.3 is 4.90 Å². The molecule has 8 aromatic rings. The molecule has 0 unspecified atom stereocenters. The Labute approximate surface area is 244 Å². The molecule has 198 valence electrons. The van der Waals surface area contributed by atoms with E-state index in [4.69, 9.17) is 9.97 Å². The standard InChI is InChI=1S/C38H26N4/c1-3-11-29(12-4-1)41(30-13-5-2-6-14-30)33-23-19-27-18-22-32-34(24-20-28-17-21-31(33)37(27)38(28)32)42(35-15-7-9-25-39-35)36-16-8-10-26-40-36/h1-26H. The molecule has 2 aromatic heterocycles. The summed E-state index contributed by atoms with van der Waals surface area (Å²) in [4.78, 5) is 13.9. The first-order valence-corrected chi connectivity index (χ1v) is 14.1. The van der Waals surface area contributed by atoms with Gasteiger partial charge in [0.15, 0.2) is 0 Å². The maximum Gasteiger partial charge on any atom is 0.138 e. The summed E-state index contributed by atoms with van der Waals surface area (Å²) in [6.07, 6.45) is 3.66. The largest absolute Gasteiger partial charge is 0.310 e. The van der Waals surface area contributed by atoms with Crippen molar-refractivity contribution in [2.24, 2.45) is 0 Å². The Hall–Kier alpha value is -5.74. The van der Waals surface area contributed by atoms with Crippen molar-refractivity contribution in [2.75, 3.05) is 9.80 Å². The van der Waals surface area contributed by atoms with Crippen LogP contribution in [0.3, 0.4) is 0 Å². The van der Waals surface area contributed by atoms with Crippen molar-refractivity contribution in [3.05, 3.63) is 158 Å². The normalized spacial score (nSPS) is 11.3. The second kappa shape index (κ2) is 10.0. The molecule has 0 aliphatic rings.